The first kappa shape index (κ1) is 23.7. The molecule has 1 N–H and O–H groups in total. The van der Waals surface area contributed by atoms with Crippen LogP contribution >= 0.6 is 22.9 Å². The molecule has 0 radical (unpaired) electrons. The van der Waals surface area contributed by atoms with Crippen LogP contribution in [0.1, 0.15) is 16.8 Å². The van der Waals surface area contributed by atoms with E-state index in [-0.39, 0.29) is 17.1 Å². The average molecular weight is 496 g/mol. The Morgan fingerprint density at radius 1 is 1.15 bits per heavy atom. The molecule has 0 bridgehead atoms. The van der Waals surface area contributed by atoms with Gasteiger partial charge in [-0.1, -0.05) is 35.9 Å². The van der Waals surface area contributed by atoms with Crippen molar-refractivity contribution in [1.29, 1.82) is 0 Å². The Hall–Kier alpha value is -2.46. The molecule has 0 atom stereocenters. The fraction of sp³-hybridized carbons (Fsp3) is 0.304. The molecule has 2 aromatic carbocycles. The summed E-state index contributed by atoms with van der Waals surface area (Å²) in [6, 6.07) is 11.3. The van der Waals surface area contributed by atoms with E-state index in [1.54, 1.807) is 5.38 Å². The first-order valence-corrected chi connectivity index (χ1v) is 11.5. The first-order valence-electron chi connectivity index (χ1n) is 10.3. The Kier molecular flexibility index (Phi) is 7.33. The predicted molar refractivity (Wildman–Crippen MR) is 122 cm³/mol. The zero-order valence-electron chi connectivity index (χ0n) is 17.5. The summed E-state index contributed by atoms with van der Waals surface area (Å²) >= 11 is 7.07. The molecule has 174 valence electrons. The molecule has 1 aliphatic rings. The number of aromatic nitrogens is 1. The highest BCUT2D eigenvalue weighted by molar-refractivity contribution is 7.13. The molecule has 0 saturated carbocycles. The van der Waals surface area contributed by atoms with Crippen molar-refractivity contribution in [2.45, 2.75) is 19.1 Å². The number of hydrogen-bond acceptors (Lipinski definition) is 5. The third kappa shape index (κ3) is 6.32. The maximum Gasteiger partial charge on any atom is 0.418 e. The maximum atomic E-state index is 13.2. The zero-order valence-corrected chi connectivity index (χ0v) is 19.1. The third-order valence-corrected chi connectivity index (χ3v) is 6.34. The van der Waals surface area contributed by atoms with Crippen LogP contribution in [0.2, 0.25) is 5.02 Å². The minimum absolute atomic E-state index is 0.0552. The highest BCUT2D eigenvalue weighted by Gasteiger charge is 2.34. The first-order chi connectivity index (χ1) is 15.8. The van der Waals surface area contributed by atoms with Gasteiger partial charge in [0.1, 0.15) is 5.01 Å². The van der Waals surface area contributed by atoms with Crippen LogP contribution in [0.5, 0.6) is 0 Å². The van der Waals surface area contributed by atoms with Crippen molar-refractivity contribution in [1.82, 2.24) is 9.88 Å². The number of ether oxygens (including phenoxy) is 1. The van der Waals surface area contributed by atoms with E-state index in [2.05, 4.69) is 27.3 Å². The molecule has 1 amide bonds. The standard InChI is InChI=1S/C23H21ClF3N3O2S/c24-17-5-6-20(19(11-17)23(25,26)27)29-21(31)12-18-14-33-22(28-18)16-3-1-15(2-4-16)13-30-7-9-32-10-8-30/h1-6,11,14H,7-10,12-13H2,(H,29,31). The molecule has 4 rings (SSSR count). The number of hydrogen-bond donors (Lipinski definition) is 1. The van der Waals surface area contributed by atoms with Gasteiger partial charge in [0, 0.05) is 35.6 Å². The highest BCUT2D eigenvalue weighted by atomic mass is 35.5. The second-order valence-electron chi connectivity index (χ2n) is 7.64. The van der Waals surface area contributed by atoms with E-state index in [0.29, 0.717) is 5.69 Å². The summed E-state index contributed by atoms with van der Waals surface area (Å²) in [6.45, 7) is 4.20. The van der Waals surface area contributed by atoms with Gasteiger partial charge in [-0.2, -0.15) is 13.2 Å². The SMILES string of the molecule is O=C(Cc1csc(-c2ccc(CN3CCOCC3)cc2)n1)Nc1ccc(Cl)cc1C(F)(F)F. The normalized spacial score (nSPS) is 14.9. The van der Waals surface area contributed by atoms with Gasteiger partial charge in [0.2, 0.25) is 5.91 Å². The van der Waals surface area contributed by atoms with Gasteiger partial charge in [0.15, 0.2) is 0 Å². The number of thiazole rings is 1. The van der Waals surface area contributed by atoms with Crippen LogP contribution in [0, 0.1) is 0 Å². The number of amides is 1. The quantitative estimate of drug-likeness (QED) is 0.491. The van der Waals surface area contributed by atoms with E-state index in [1.165, 1.54) is 23.0 Å². The van der Waals surface area contributed by atoms with Gasteiger partial charge in [-0.3, -0.25) is 9.69 Å². The van der Waals surface area contributed by atoms with Crippen molar-refractivity contribution in [2.24, 2.45) is 0 Å². The molecule has 1 aliphatic heterocycles. The van der Waals surface area contributed by atoms with Crippen molar-refractivity contribution in [3.8, 4) is 10.6 Å². The molecule has 33 heavy (non-hydrogen) atoms. The number of carbonyl (C=O) groups is 1. The van der Waals surface area contributed by atoms with Gasteiger partial charge in [-0.05, 0) is 23.8 Å². The minimum atomic E-state index is -4.63. The van der Waals surface area contributed by atoms with E-state index in [0.717, 1.165) is 55.6 Å². The summed E-state index contributed by atoms with van der Waals surface area (Å²) in [7, 11) is 0. The number of carbonyl (C=O) groups excluding carboxylic acids is 1. The molecule has 1 saturated heterocycles. The Labute approximate surface area is 198 Å². The van der Waals surface area contributed by atoms with Crippen LogP contribution in [-0.2, 0) is 28.7 Å². The van der Waals surface area contributed by atoms with E-state index < -0.39 is 17.6 Å². The largest absolute Gasteiger partial charge is 0.418 e. The van der Waals surface area contributed by atoms with Gasteiger partial charge < -0.3 is 10.1 Å². The van der Waals surface area contributed by atoms with E-state index in [9.17, 15) is 18.0 Å². The Balaban J connectivity index is 1.38. The Bertz CT molecular complexity index is 1110. The van der Waals surface area contributed by atoms with Gasteiger partial charge in [0.05, 0.1) is 36.6 Å². The zero-order chi connectivity index (χ0) is 23.4. The van der Waals surface area contributed by atoms with Crippen molar-refractivity contribution in [2.75, 3.05) is 31.6 Å². The number of halogens is 4. The second-order valence-corrected chi connectivity index (χ2v) is 8.94. The maximum absolute atomic E-state index is 13.2. The number of rotatable bonds is 6. The molecule has 0 unspecified atom stereocenters. The molecular weight excluding hydrogens is 475 g/mol. The summed E-state index contributed by atoms with van der Waals surface area (Å²) in [4.78, 5) is 19.2. The molecule has 1 aromatic heterocycles. The van der Waals surface area contributed by atoms with E-state index in [1.807, 2.05) is 12.1 Å². The Morgan fingerprint density at radius 2 is 1.88 bits per heavy atom. The monoisotopic (exact) mass is 495 g/mol. The number of anilines is 1. The molecule has 1 fully saturated rings. The number of nitrogens with zero attached hydrogens (tertiary/aromatic N) is 2. The lowest BCUT2D eigenvalue weighted by atomic mass is 10.1. The Morgan fingerprint density at radius 3 is 2.58 bits per heavy atom. The van der Waals surface area contributed by atoms with Crippen molar-refractivity contribution >= 4 is 34.5 Å². The number of nitrogens with one attached hydrogen (secondary N) is 1. The highest BCUT2D eigenvalue weighted by Crippen LogP contribution is 2.36. The van der Waals surface area contributed by atoms with E-state index >= 15 is 0 Å². The number of benzene rings is 2. The lowest BCUT2D eigenvalue weighted by Gasteiger charge is -2.26. The van der Waals surface area contributed by atoms with Gasteiger partial charge >= 0.3 is 6.18 Å². The van der Waals surface area contributed by atoms with Crippen molar-refractivity contribution in [3.05, 3.63) is 69.7 Å². The third-order valence-electron chi connectivity index (χ3n) is 5.17. The molecule has 3 aromatic rings. The lowest BCUT2D eigenvalue weighted by molar-refractivity contribution is -0.137. The second kappa shape index (κ2) is 10.2. The summed E-state index contributed by atoms with van der Waals surface area (Å²) in [5.74, 6) is -0.583. The molecular formula is C23H21ClF3N3O2S. The van der Waals surface area contributed by atoms with Crippen LogP contribution in [0.4, 0.5) is 18.9 Å². The van der Waals surface area contributed by atoms with Crippen molar-refractivity contribution < 1.29 is 22.7 Å². The van der Waals surface area contributed by atoms with Crippen LogP contribution in [0.15, 0.2) is 47.8 Å². The van der Waals surface area contributed by atoms with Crippen LogP contribution in [-0.4, -0.2) is 42.1 Å². The molecule has 5 nitrogen and oxygen atoms in total. The summed E-state index contributed by atoms with van der Waals surface area (Å²) < 4.78 is 45.1. The minimum Gasteiger partial charge on any atom is -0.379 e. The smallest absolute Gasteiger partial charge is 0.379 e. The predicted octanol–water partition coefficient (Wildman–Crippen LogP) is 5.50. The van der Waals surface area contributed by atoms with E-state index in [4.69, 9.17) is 16.3 Å². The van der Waals surface area contributed by atoms with Gasteiger partial charge in [-0.25, -0.2) is 4.98 Å². The molecule has 0 spiro atoms. The fourth-order valence-corrected chi connectivity index (χ4v) is 4.51. The van der Waals surface area contributed by atoms with Crippen molar-refractivity contribution in [3.63, 3.8) is 0 Å². The average Bonchev–Trinajstić information content (AvgIpc) is 3.24. The molecule has 10 heteroatoms. The summed E-state index contributed by atoms with van der Waals surface area (Å²) in [5, 5.41) is 4.75. The fourth-order valence-electron chi connectivity index (χ4n) is 3.51. The number of morpholine rings is 1. The molecule has 0 aliphatic carbocycles. The van der Waals surface area contributed by atoms with Crippen LogP contribution < -0.4 is 5.32 Å². The number of alkyl halides is 3. The topological polar surface area (TPSA) is 54.5 Å². The van der Waals surface area contributed by atoms with Crippen LogP contribution in [0.25, 0.3) is 10.6 Å². The molecule has 2 heterocycles. The summed E-state index contributed by atoms with van der Waals surface area (Å²) in [6.07, 6.45) is -4.76. The lowest BCUT2D eigenvalue weighted by Crippen LogP contribution is -2.35. The summed E-state index contributed by atoms with van der Waals surface area (Å²) in [5.41, 5.74) is 1.30. The van der Waals surface area contributed by atoms with Crippen LogP contribution in [0.3, 0.4) is 0 Å². The van der Waals surface area contributed by atoms with Gasteiger partial charge in [-0.15, -0.1) is 11.3 Å². The van der Waals surface area contributed by atoms with Gasteiger partial charge in [0.25, 0.3) is 0 Å².